The van der Waals surface area contributed by atoms with Gasteiger partial charge < -0.3 is 18.6 Å². The van der Waals surface area contributed by atoms with E-state index in [-0.39, 0.29) is 19.0 Å². The first-order chi connectivity index (χ1) is 10.7. The van der Waals surface area contributed by atoms with Gasteiger partial charge in [-0.15, -0.1) is 0 Å². The highest BCUT2D eigenvalue weighted by Crippen LogP contribution is 2.30. The number of benzene rings is 1. The second-order valence-electron chi connectivity index (χ2n) is 4.27. The van der Waals surface area contributed by atoms with Gasteiger partial charge >= 0.3 is 5.97 Å². The summed E-state index contributed by atoms with van der Waals surface area (Å²) in [5, 5.41) is 0. The Bertz CT molecular complexity index is 658. The topological polar surface area (TPSA) is 75.0 Å². The van der Waals surface area contributed by atoms with Gasteiger partial charge in [-0.25, -0.2) is 4.79 Å². The third kappa shape index (κ3) is 3.46. The number of methoxy groups -OCH3 is 1. The molecule has 6 nitrogen and oxygen atoms in total. The van der Waals surface area contributed by atoms with E-state index in [0.717, 1.165) is 0 Å². The molecule has 0 spiro atoms. The molecule has 0 aliphatic heterocycles. The van der Waals surface area contributed by atoms with Crippen LogP contribution in [0.1, 0.15) is 33.6 Å². The van der Waals surface area contributed by atoms with Gasteiger partial charge in [-0.2, -0.15) is 0 Å². The molecule has 22 heavy (non-hydrogen) atoms. The molecule has 0 amide bonds. The summed E-state index contributed by atoms with van der Waals surface area (Å²) in [7, 11) is 1.49. The van der Waals surface area contributed by atoms with Crippen molar-refractivity contribution in [1.82, 2.24) is 0 Å². The van der Waals surface area contributed by atoms with Crippen molar-refractivity contribution in [1.29, 1.82) is 0 Å². The highest BCUT2D eigenvalue weighted by molar-refractivity contribution is 5.86. The monoisotopic (exact) mass is 304 g/mol. The van der Waals surface area contributed by atoms with Crippen LogP contribution in [0.2, 0.25) is 0 Å². The minimum Gasteiger partial charge on any atom is -0.493 e. The van der Waals surface area contributed by atoms with Gasteiger partial charge in [0, 0.05) is 0 Å². The number of hydrogen-bond acceptors (Lipinski definition) is 6. The molecule has 2 aromatic rings. The molecule has 0 bridgehead atoms. The van der Waals surface area contributed by atoms with Crippen LogP contribution in [0.3, 0.4) is 0 Å². The molecule has 0 saturated carbocycles. The van der Waals surface area contributed by atoms with Crippen LogP contribution < -0.4 is 9.47 Å². The zero-order valence-corrected chi connectivity index (χ0v) is 12.3. The van der Waals surface area contributed by atoms with E-state index in [1.54, 1.807) is 31.2 Å². The minimum absolute atomic E-state index is 0.0562. The SMILES string of the molecule is CCOC(=O)c1ccc(COc2c(C=O)cccc2OC)o1. The van der Waals surface area contributed by atoms with Crippen molar-refractivity contribution in [2.24, 2.45) is 0 Å². The number of carbonyl (C=O) groups excluding carboxylic acids is 2. The second kappa shape index (κ2) is 7.31. The average Bonchev–Trinajstić information content (AvgIpc) is 3.01. The van der Waals surface area contributed by atoms with Crippen LogP contribution >= 0.6 is 0 Å². The Kier molecular flexibility index (Phi) is 5.19. The minimum atomic E-state index is -0.528. The third-order valence-electron chi connectivity index (χ3n) is 2.85. The number of furan rings is 1. The maximum absolute atomic E-state index is 11.5. The van der Waals surface area contributed by atoms with E-state index in [2.05, 4.69) is 0 Å². The van der Waals surface area contributed by atoms with E-state index < -0.39 is 5.97 Å². The molecule has 0 N–H and O–H groups in total. The summed E-state index contributed by atoms with van der Waals surface area (Å²) in [4.78, 5) is 22.6. The predicted molar refractivity (Wildman–Crippen MR) is 77.4 cm³/mol. The standard InChI is InChI=1S/C16H16O6/c1-3-20-16(18)14-8-7-12(22-14)10-21-15-11(9-17)5-4-6-13(15)19-2/h4-9H,3,10H2,1-2H3. The number of hydrogen-bond donors (Lipinski definition) is 0. The largest absolute Gasteiger partial charge is 0.493 e. The molecule has 0 unspecified atom stereocenters. The summed E-state index contributed by atoms with van der Waals surface area (Å²) in [6, 6.07) is 8.13. The molecular weight excluding hydrogens is 288 g/mol. The summed E-state index contributed by atoms with van der Waals surface area (Å²) < 4.78 is 20.9. The van der Waals surface area contributed by atoms with Gasteiger partial charge in [-0.05, 0) is 31.2 Å². The lowest BCUT2D eigenvalue weighted by atomic mass is 10.2. The number of carbonyl (C=O) groups is 2. The molecule has 1 heterocycles. The number of esters is 1. The van der Waals surface area contributed by atoms with Gasteiger partial charge in [0.25, 0.3) is 0 Å². The first kappa shape index (κ1) is 15.6. The molecule has 0 fully saturated rings. The van der Waals surface area contributed by atoms with Gasteiger partial charge in [0.1, 0.15) is 12.4 Å². The quantitative estimate of drug-likeness (QED) is 0.578. The maximum Gasteiger partial charge on any atom is 0.374 e. The Labute approximate surface area is 127 Å². The Hall–Kier alpha value is -2.76. The Morgan fingerprint density at radius 3 is 2.77 bits per heavy atom. The molecule has 6 heteroatoms. The lowest BCUT2D eigenvalue weighted by Crippen LogP contribution is -2.03. The first-order valence-corrected chi connectivity index (χ1v) is 6.70. The van der Waals surface area contributed by atoms with Crippen molar-refractivity contribution >= 4 is 12.3 Å². The summed E-state index contributed by atoms with van der Waals surface area (Å²) in [6.45, 7) is 2.05. The fourth-order valence-electron chi connectivity index (χ4n) is 1.85. The van der Waals surface area contributed by atoms with E-state index in [1.807, 2.05) is 0 Å². The van der Waals surface area contributed by atoms with Crippen molar-refractivity contribution < 1.29 is 28.2 Å². The Morgan fingerprint density at radius 1 is 1.27 bits per heavy atom. The van der Waals surface area contributed by atoms with E-state index in [1.165, 1.54) is 13.2 Å². The number of para-hydroxylation sites is 1. The summed E-state index contributed by atoms with van der Waals surface area (Å²) in [5.74, 6) is 0.789. The molecule has 1 aromatic heterocycles. The maximum atomic E-state index is 11.5. The van der Waals surface area contributed by atoms with Crippen LogP contribution in [0.25, 0.3) is 0 Å². The third-order valence-corrected chi connectivity index (χ3v) is 2.85. The number of aldehydes is 1. The number of rotatable bonds is 7. The van der Waals surface area contributed by atoms with Crippen LogP contribution in [0.15, 0.2) is 34.7 Å². The van der Waals surface area contributed by atoms with Crippen LogP contribution in [-0.2, 0) is 11.3 Å². The fraction of sp³-hybridized carbons (Fsp3) is 0.250. The highest BCUT2D eigenvalue weighted by atomic mass is 16.5. The predicted octanol–water partition coefficient (Wildman–Crippen LogP) is 2.86. The van der Waals surface area contributed by atoms with Crippen molar-refractivity contribution in [3.05, 3.63) is 47.4 Å². The molecule has 0 saturated heterocycles. The van der Waals surface area contributed by atoms with Gasteiger partial charge in [0.05, 0.1) is 19.3 Å². The van der Waals surface area contributed by atoms with Gasteiger partial charge in [-0.1, -0.05) is 6.07 Å². The summed E-state index contributed by atoms with van der Waals surface area (Å²) in [6.07, 6.45) is 0.685. The summed E-state index contributed by atoms with van der Waals surface area (Å²) >= 11 is 0. The van der Waals surface area contributed by atoms with Crippen molar-refractivity contribution in [2.45, 2.75) is 13.5 Å². The molecule has 0 aliphatic rings. The van der Waals surface area contributed by atoms with Crippen LogP contribution in [0.5, 0.6) is 11.5 Å². The van der Waals surface area contributed by atoms with E-state index in [4.69, 9.17) is 18.6 Å². The lowest BCUT2D eigenvalue weighted by molar-refractivity contribution is 0.0486. The van der Waals surface area contributed by atoms with Crippen molar-refractivity contribution in [2.75, 3.05) is 13.7 Å². The molecule has 0 radical (unpaired) electrons. The zero-order valence-electron chi connectivity index (χ0n) is 12.3. The van der Waals surface area contributed by atoms with Gasteiger partial charge in [0.2, 0.25) is 5.76 Å². The highest BCUT2D eigenvalue weighted by Gasteiger charge is 2.14. The van der Waals surface area contributed by atoms with Crippen molar-refractivity contribution in [3.63, 3.8) is 0 Å². The fourth-order valence-corrected chi connectivity index (χ4v) is 1.85. The van der Waals surface area contributed by atoms with Crippen molar-refractivity contribution in [3.8, 4) is 11.5 Å². The average molecular weight is 304 g/mol. The van der Waals surface area contributed by atoms with Gasteiger partial charge in [-0.3, -0.25) is 4.79 Å². The van der Waals surface area contributed by atoms with E-state index >= 15 is 0 Å². The summed E-state index contributed by atoms with van der Waals surface area (Å²) in [5.41, 5.74) is 0.372. The Balaban J connectivity index is 2.11. The molecule has 0 atom stereocenters. The lowest BCUT2D eigenvalue weighted by Gasteiger charge is -2.11. The van der Waals surface area contributed by atoms with Crippen LogP contribution in [0.4, 0.5) is 0 Å². The zero-order chi connectivity index (χ0) is 15.9. The normalized spacial score (nSPS) is 10.1. The molecular formula is C16H16O6. The second-order valence-corrected chi connectivity index (χ2v) is 4.27. The van der Waals surface area contributed by atoms with Gasteiger partial charge in [0.15, 0.2) is 17.8 Å². The molecule has 2 rings (SSSR count). The Morgan fingerprint density at radius 2 is 2.09 bits per heavy atom. The van der Waals surface area contributed by atoms with Crippen LogP contribution in [0, 0.1) is 0 Å². The number of ether oxygens (including phenoxy) is 3. The molecule has 0 aliphatic carbocycles. The van der Waals surface area contributed by atoms with E-state index in [9.17, 15) is 9.59 Å². The van der Waals surface area contributed by atoms with Crippen LogP contribution in [-0.4, -0.2) is 26.0 Å². The smallest absolute Gasteiger partial charge is 0.374 e. The first-order valence-electron chi connectivity index (χ1n) is 6.70. The van der Waals surface area contributed by atoms with E-state index in [0.29, 0.717) is 29.1 Å². The molecule has 116 valence electrons. The molecule has 1 aromatic carbocycles.